The smallest absolute Gasteiger partial charge is 0.188 e. The summed E-state index contributed by atoms with van der Waals surface area (Å²) in [4.78, 5) is 20.8. The molecule has 1 heterocycles. The number of aromatic nitrogens is 2. The van der Waals surface area contributed by atoms with E-state index < -0.39 is 0 Å². The number of benzene rings is 1. The first-order valence-corrected chi connectivity index (χ1v) is 7.20. The minimum absolute atomic E-state index is 0.00945. The number of hydrogen-bond acceptors (Lipinski definition) is 5. The maximum atomic E-state index is 12.2. The van der Waals surface area contributed by atoms with Gasteiger partial charge in [-0.25, -0.2) is 9.97 Å². The third-order valence-corrected chi connectivity index (χ3v) is 3.55. The van der Waals surface area contributed by atoms with E-state index in [0.717, 1.165) is 11.4 Å². The zero-order valence-electron chi connectivity index (χ0n) is 11.7. The van der Waals surface area contributed by atoms with Gasteiger partial charge in [0.15, 0.2) is 10.9 Å². The van der Waals surface area contributed by atoms with E-state index in [4.69, 9.17) is 4.74 Å². The van der Waals surface area contributed by atoms with E-state index in [-0.39, 0.29) is 5.78 Å². The van der Waals surface area contributed by atoms with Crippen LogP contribution in [0.25, 0.3) is 0 Å². The van der Waals surface area contributed by atoms with Crippen molar-refractivity contribution in [2.45, 2.75) is 19.0 Å². The maximum Gasteiger partial charge on any atom is 0.188 e. The van der Waals surface area contributed by atoms with E-state index in [1.807, 2.05) is 32.0 Å². The van der Waals surface area contributed by atoms with Crippen LogP contribution in [0.1, 0.15) is 21.7 Å². The van der Waals surface area contributed by atoms with Gasteiger partial charge in [-0.05, 0) is 32.0 Å². The topological polar surface area (TPSA) is 52.1 Å². The normalized spacial score (nSPS) is 10.3. The molecule has 0 aliphatic carbocycles. The van der Waals surface area contributed by atoms with Crippen LogP contribution in [0.4, 0.5) is 0 Å². The number of ketones is 1. The fourth-order valence-corrected chi connectivity index (χ4v) is 2.67. The lowest BCUT2D eigenvalue weighted by atomic mass is 10.1. The van der Waals surface area contributed by atoms with Gasteiger partial charge in [-0.15, -0.1) is 0 Å². The Morgan fingerprint density at radius 3 is 2.50 bits per heavy atom. The highest BCUT2D eigenvalue weighted by atomic mass is 32.2. The SMILES string of the molecule is COc1ccccc1C(=O)CSc1nc(C)cc(C)n1. The molecule has 1 aromatic heterocycles. The number of carbonyl (C=O) groups excluding carboxylic acids is 1. The molecule has 4 nitrogen and oxygen atoms in total. The molecule has 0 aliphatic heterocycles. The predicted molar refractivity (Wildman–Crippen MR) is 79.6 cm³/mol. The number of ether oxygens (including phenoxy) is 1. The van der Waals surface area contributed by atoms with E-state index in [2.05, 4.69) is 9.97 Å². The number of nitrogens with zero attached hydrogens (tertiary/aromatic N) is 2. The molecule has 20 heavy (non-hydrogen) atoms. The molecular formula is C15H16N2O2S. The molecule has 0 atom stereocenters. The molecule has 0 amide bonds. The molecular weight excluding hydrogens is 272 g/mol. The van der Waals surface area contributed by atoms with Crippen LogP contribution in [0.15, 0.2) is 35.5 Å². The van der Waals surface area contributed by atoms with Crippen LogP contribution >= 0.6 is 11.8 Å². The Labute approximate surface area is 122 Å². The van der Waals surface area contributed by atoms with Crippen molar-refractivity contribution in [1.82, 2.24) is 9.97 Å². The van der Waals surface area contributed by atoms with Crippen LogP contribution in [0.2, 0.25) is 0 Å². The van der Waals surface area contributed by atoms with Crippen LogP contribution < -0.4 is 4.74 Å². The molecule has 104 valence electrons. The molecule has 2 rings (SSSR count). The molecule has 0 radical (unpaired) electrons. The highest BCUT2D eigenvalue weighted by Crippen LogP contribution is 2.21. The average Bonchev–Trinajstić information content (AvgIpc) is 2.43. The number of aryl methyl sites for hydroxylation is 2. The van der Waals surface area contributed by atoms with Crippen molar-refractivity contribution in [3.63, 3.8) is 0 Å². The van der Waals surface area contributed by atoms with Crippen LogP contribution in [0, 0.1) is 13.8 Å². The number of para-hydroxylation sites is 1. The van der Waals surface area contributed by atoms with Gasteiger partial charge in [0.05, 0.1) is 18.4 Å². The third-order valence-electron chi connectivity index (χ3n) is 2.70. The lowest BCUT2D eigenvalue weighted by molar-refractivity contribution is 0.101. The van der Waals surface area contributed by atoms with Crippen molar-refractivity contribution in [3.8, 4) is 5.75 Å². The molecule has 0 spiro atoms. The first kappa shape index (κ1) is 14.5. The first-order chi connectivity index (χ1) is 9.60. The van der Waals surface area contributed by atoms with Gasteiger partial charge in [0, 0.05) is 11.4 Å². The fourth-order valence-electron chi connectivity index (χ4n) is 1.84. The quantitative estimate of drug-likeness (QED) is 0.481. The molecule has 1 aromatic carbocycles. The highest BCUT2D eigenvalue weighted by Gasteiger charge is 2.12. The lowest BCUT2D eigenvalue weighted by Crippen LogP contribution is -2.05. The molecule has 0 saturated heterocycles. The van der Waals surface area contributed by atoms with Crippen molar-refractivity contribution < 1.29 is 9.53 Å². The summed E-state index contributed by atoms with van der Waals surface area (Å²) in [6.07, 6.45) is 0. The minimum atomic E-state index is 0.00945. The fraction of sp³-hybridized carbons (Fsp3) is 0.267. The number of carbonyl (C=O) groups is 1. The van der Waals surface area contributed by atoms with Crippen LogP contribution in [-0.4, -0.2) is 28.6 Å². The summed E-state index contributed by atoms with van der Waals surface area (Å²) >= 11 is 1.34. The largest absolute Gasteiger partial charge is 0.496 e. The molecule has 0 unspecified atom stereocenters. The summed E-state index contributed by atoms with van der Waals surface area (Å²) in [6, 6.07) is 9.13. The minimum Gasteiger partial charge on any atom is -0.496 e. The summed E-state index contributed by atoms with van der Waals surface area (Å²) < 4.78 is 5.20. The van der Waals surface area contributed by atoms with Crippen molar-refractivity contribution in [2.24, 2.45) is 0 Å². The van der Waals surface area contributed by atoms with Gasteiger partial charge in [0.25, 0.3) is 0 Å². The summed E-state index contributed by atoms with van der Waals surface area (Å²) in [6.45, 7) is 3.83. The Hall–Kier alpha value is -1.88. The summed E-state index contributed by atoms with van der Waals surface area (Å²) in [5.74, 6) is 0.901. The summed E-state index contributed by atoms with van der Waals surface area (Å²) in [5.41, 5.74) is 2.40. The molecule has 0 N–H and O–H groups in total. The lowest BCUT2D eigenvalue weighted by Gasteiger charge is -2.07. The number of thioether (sulfide) groups is 1. The van der Waals surface area contributed by atoms with Crippen LogP contribution in [0.5, 0.6) is 5.75 Å². The van der Waals surface area contributed by atoms with E-state index in [9.17, 15) is 4.79 Å². The number of Topliss-reactive ketones (excluding diaryl/α,β-unsaturated/α-hetero) is 1. The van der Waals surface area contributed by atoms with Crippen molar-refractivity contribution in [3.05, 3.63) is 47.3 Å². The van der Waals surface area contributed by atoms with Crippen LogP contribution in [-0.2, 0) is 0 Å². The summed E-state index contributed by atoms with van der Waals surface area (Å²) in [5, 5.41) is 0.630. The van der Waals surface area contributed by atoms with Crippen LogP contribution in [0.3, 0.4) is 0 Å². The second-order valence-electron chi connectivity index (χ2n) is 4.35. The first-order valence-electron chi connectivity index (χ1n) is 6.21. The second-order valence-corrected chi connectivity index (χ2v) is 5.29. The Kier molecular flexibility index (Phi) is 4.74. The third kappa shape index (κ3) is 3.57. The van der Waals surface area contributed by atoms with Crippen molar-refractivity contribution in [1.29, 1.82) is 0 Å². The Bertz CT molecular complexity index is 609. The molecule has 0 aliphatic rings. The molecule has 0 fully saturated rings. The zero-order valence-corrected chi connectivity index (χ0v) is 12.5. The maximum absolute atomic E-state index is 12.2. The van der Waals surface area contributed by atoms with Crippen molar-refractivity contribution in [2.75, 3.05) is 12.9 Å². The van der Waals surface area contributed by atoms with E-state index in [0.29, 0.717) is 22.2 Å². The average molecular weight is 288 g/mol. The van der Waals surface area contributed by atoms with Gasteiger partial charge in [-0.3, -0.25) is 4.79 Å². The predicted octanol–water partition coefficient (Wildman–Crippen LogP) is 3.08. The Balaban J connectivity index is 2.08. The molecule has 5 heteroatoms. The monoisotopic (exact) mass is 288 g/mol. The van der Waals surface area contributed by atoms with Crippen molar-refractivity contribution >= 4 is 17.5 Å². The summed E-state index contributed by atoms with van der Waals surface area (Å²) in [7, 11) is 1.56. The van der Waals surface area contributed by atoms with Gasteiger partial charge in [-0.2, -0.15) is 0 Å². The van der Waals surface area contributed by atoms with Gasteiger partial charge in [-0.1, -0.05) is 23.9 Å². The van der Waals surface area contributed by atoms with Gasteiger partial charge in [0.1, 0.15) is 5.75 Å². The van der Waals surface area contributed by atoms with Gasteiger partial charge >= 0.3 is 0 Å². The zero-order chi connectivity index (χ0) is 14.5. The number of rotatable bonds is 5. The molecule has 2 aromatic rings. The van der Waals surface area contributed by atoms with Gasteiger partial charge < -0.3 is 4.74 Å². The molecule has 0 saturated carbocycles. The molecule has 0 bridgehead atoms. The Morgan fingerprint density at radius 2 is 1.85 bits per heavy atom. The number of methoxy groups -OCH3 is 1. The standard InChI is InChI=1S/C15H16N2O2S/c1-10-8-11(2)17-15(16-10)20-9-13(18)12-6-4-5-7-14(12)19-3/h4-8H,9H2,1-3H3. The van der Waals surface area contributed by atoms with E-state index in [1.54, 1.807) is 19.2 Å². The van der Waals surface area contributed by atoms with E-state index >= 15 is 0 Å². The Morgan fingerprint density at radius 1 is 1.20 bits per heavy atom. The van der Waals surface area contributed by atoms with E-state index in [1.165, 1.54) is 11.8 Å². The van der Waals surface area contributed by atoms with Gasteiger partial charge in [0.2, 0.25) is 0 Å². The highest BCUT2D eigenvalue weighted by molar-refractivity contribution is 7.99. The number of hydrogen-bond donors (Lipinski definition) is 0. The second kappa shape index (κ2) is 6.52.